The second-order valence-electron chi connectivity index (χ2n) is 8.60. The third-order valence-corrected chi connectivity index (χ3v) is 5.70. The maximum Gasteiger partial charge on any atom is 0.198 e. The maximum absolute atomic E-state index is 8.52. The van der Waals surface area contributed by atoms with Crippen molar-refractivity contribution < 1.29 is 26.9 Å². The quantitative estimate of drug-likeness (QED) is 0.204. The van der Waals surface area contributed by atoms with Crippen molar-refractivity contribution >= 4 is 10.4 Å². The van der Waals surface area contributed by atoms with E-state index < -0.39 is 10.4 Å². The molecule has 2 aromatic heterocycles. The van der Waals surface area contributed by atoms with Gasteiger partial charge in [-0.1, -0.05) is 53.6 Å². The second kappa shape index (κ2) is 10.4. The third kappa shape index (κ3) is 6.53. The molecular formula is C26H26N6O4S. The molecule has 0 aliphatic heterocycles. The van der Waals surface area contributed by atoms with Gasteiger partial charge in [-0.25, -0.2) is 0 Å². The van der Waals surface area contributed by atoms with E-state index in [1.807, 2.05) is 32.8 Å². The van der Waals surface area contributed by atoms with Crippen LogP contribution in [0.15, 0.2) is 85.2 Å². The van der Waals surface area contributed by atoms with E-state index in [0.29, 0.717) is 0 Å². The Morgan fingerprint density at radius 3 is 1.38 bits per heavy atom. The van der Waals surface area contributed by atoms with Crippen LogP contribution in [0.4, 0.5) is 0 Å². The summed E-state index contributed by atoms with van der Waals surface area (Å²) in [4.78, 5) is 0. The van der Waals surface area contributed by atoms with Gasteiger partial charge in [-0.05, 0) is 44.2 Å². The Kier molecular flexibility index (Phi) is 7.30. The lowest BCUT2D eigenvalue weighted by Gasteiger charge is -2.06. The molecule has 0 aliphatic rings. The molecule has 190 valence electrons. The van der Waals surface area contributed by atoms with Crippen LogP contribution in [-0.4, -0.2) is 37.3 Å². The number of hydrogen-bond acceptors (Lipinski definition) is 6. The number of benzene rings is 3. The largest absolute Gasteiger partial charge is 0.759 e. The molecule has 0 bridgehead atoms. The van der Waals surface area contributed by atoms with Crippen LogP contribution in [0.5, 0.6) is 0 Å². The Morgan fingerprint density at radius 2 is 1.03 bits per heavy atom. The predicted molar refractivity (Wildman–Crippen MR) is 134 cm³/mol. The van der Waals surface area contributed by atoms with Crippen molar-refractivity contribution in [2.24, 2.45) is 14.1 Å². The zero-order chi connectivity index (χ0) is 26.7. The summed E-state index contributed by atoms with van der Waals surface area (Å²) in [5.74, 6) is 0. The van der Waals surface area contributed by atoms with Crippen molar-refractivity contribution in [3.05, 3.63) is 96.3 Å². The van der Waals surface area contributed by atoms with Gasteiger partial charge in [-0.2, -0.15) is 0 Å². The maximum atomic E-state index is 8.52. The smallest absolute Gasteiger partial charge is 0.198 e. The van der Waals surface area contributed by atoms with E-state index in [4.69, 9.17) is 17.5 Å². The van der Waals surface area contributed by atoms with Crippen LogP contribution in [-0.2, 0) is 24.5 Å². The van der Waals surface area contributed by atoms with Gasteiger partial charge >= 0.3 is 0 Å². The van der Waals surface area contributed by atoms with Gasteiger partial charge in [0, 0.05) is 21.5 Å². The molecule has 10 nitrogen and oxygen atoms in total. The second-order valence-corrected chi connectivity index (χ2v) is 9.42. The lowest BCUT2D eigenvalue weighted by molar-refractivity contribution is -0.721. The molecule has 0 atom stereocenters. The summed E-state index contributed by atoms with van der Waals surface area (Å²) in [5, 5.41) is 9.34. The van der Waals surface area contributed by atoms with Crippen LogP contribution in [0.2, 0.25) is 0 Å². The summed E-state index contributed by atoms with van der Waals surface area (Å²) in [6.07, 6.45) is 4.14. The summed E-state index contributed by atoms with van der Waals surface area (Å²) < 4.78 is 41.7. The van der Waals surface area contributed by atoms with Crippen LogP contribution < -0.4 is 9.36 Å². The fourth-order valence-corrected chi connectivity index (χ4v) is 3.84. The molecule has 2 heterocycles. The van der Waals surface area contributed by atoms with E-state index in [0.717, 1.165) is 33.9 Å². The first-order valence-electron chi connectivity index (χ1n) is 11.3. The third-order valence-electron chi connectivity index (χ3n) is 5.70. The van der Waals surface area contributed by atoms with Gasteiger partial charge in [0.15, 0.2) is 35.2 Å². The fraction of sp³-hybridized carbons (Fsp3) is 0.154. The predicted octanol–water partition coefficient (Wildman–Crippen LogP) is 2.32. The van der Waals surface area contributed by atoms with Gasteiger partial charge in [0.1, 0.15) is 14.1 Å². The van der Waals surface area contributed by atoms with E-state index in [2.05, 4.69) is 109 Å². The summed E-state index contributed by atoms with van der Waals surface area (Å²) >= 11 is 0. The first-order valence-corrected chi connectivity index (χ1v) is 12.6. The van der Waals surface area contributed by atoms with Crippen LogP contribution in [0.3, 0.4) is 0 Å². The Labute approximate surface area is 215 Å². The number of nitrogens with zero attached hydrogens (tertiary/aromatic N) is 6. The molecule has 0 aliphatic carbocycles. The van der Waals surface area contributed by atoms with Gasteiger partial charge in [0.2, 0.25) is 0 Å². The van der Waals surface area contributed by atoms with Crippen molar-refractivity contribution in [3.8, 4) is 33.9 Å². The van der Waals surface area contributed by atoms with E-state index in [-0.39, 0.29) is 0 Å². The molecule has 3 aromatic carbocycles. The zero-order valence-electron chi connectivity index (χ0n) is 20.8. The van der Waals surface area contributed by atoms with Crippen LogP contribution >= 0.6 is 0 Å². The van der Waals surface area contributed by atoms with Crippen molar-refractivity contribution in [3.63, 3.8) is 0 Å². The van der Waals surface area contributed by atoms with Gasteiger partial charge in [-0.3, -0.25) is 8.42 Å². The summed E-state index contributed by atoms with van der Waals surface area (Å²) in [6.45, 7) is 4.18. The Bertz CT molecular complexity index is 1530. The molecule has 5 rings (SSSR count). The number of hydrogen-bond donors (Lipinski definition) is 0. The van der Waals surface area contributed by atoms with Crippen molar-refractivity contribution in [1.29, 1.82) is 0 Å². The standard InChI is InChI=1S/C26H26N6.H2O4S/c1-19-8-12-23(13-9-19)31-17-25(29(3)27-31)21-6-5-7-22(16-21)26-18-32(28-30(26)4)24-14-10-20(2)11-15-24;1-5(2,3)4/h5-18H,1-4H3;(H2,1,2,3,4)/q+2;/p-2. The number of aryl methyl sites for hydroxylation is 4. The van der Waals surface area contributed by atoms with E-state index in [1.54, 1.807) is 0 Å². The van der Waals surface area contributed by atoms with Gasteiger partial charge in [-0.15, -0.1) is 18.7 Å². The molecule has 0 N–H and O–H groups in total. The minimum atomic E-state index is -5.17. The highest BCUT2D eigenvalue weighted by Crippen LogP contribution is 2.24. The Hall–Kier alpha value is -4.19. The molecule has 0 amide bonds. The summed E-state index contributed by atoms with van der Waals surface area (Å²) in [5.41, 5.74) is 8.84. The average molecular weight is 519 g/mol. The Balaban J connectivity index is 0.000000586. The highest BCUT2D eigenvalue weighted by molar-refractivity contribution is 7.79. The molecule has 11 heteroatoms. The lowest BCUT2D eigenvalue weighted by Crippen LogP contribution is -2.33. The van der Waals surface area contributed by atoms with Crippen LogP contribution in [0, 0.1) is 13.8 Å². The minimum absolute atomic E-state index is 1.04. The molecule has 0 spiro atoms. The highest BCUT2D eigenvalue weighted by Gasteiger charge is 2.20. The summed E-state index contributed by atoms with van der Waals surface area (Å²) in [6, 6.07) is 25.2. The molecule has 0 radical (unpaired) electrons. The van der Waals surface area contributed by atoms with Crippen LogP contribution in [0.1, 0.15) is 11.1 Å². The fourth-order valence-electron chi connectivity index (χ4n) is 3.84. The first kappa shape index (κ1) is 25.9. The number of rotatable bonds is 4. The molecular weight excluding hydrogens is 492 g/mol. The normalized spacial score (nSPS) is 11.2. The van der Waals surface area contributed by atoms with Crippen molar-refractivity contribution in [2.75, 3.05) is 0 Å². The van der Waals surface area contributed by atoms with E-state index in [1.165, 1.54) is 11.1 Å². The summed E-state index contributed by atoms with van der Waals surface area (Å²) in [7, 11) is -1.22. The molecule has 0 saturated heterocycles. The topological polar surface area (TPSA) is 124 Å². The zero-order valence-corrected chi connectivity index (χ0v) is 21.6. The molecule has 0 unspecified atom stereocenters. The molecule has 5 aromatic rings. The van der Waals surface area contributed by atoms with Crippen molar-refractivity contribution in [2.45, 2.75) is 13.8 Å². The van der Waals surface area contributed by atoms with Crippen molar-refractivity contribution in [1.82, 2.24) is 19.8 Å². The first-order chi connectivity index (χ1) is 17.5. The molecule has 0 fully saturated rings. The Morgan fingerprint density at radius 1 is 0.676 bits per heavy atom. The monoisotopic (exact) mass is 518 g/mol. The highest BCUT2D eigenvalue weighted by atomic mass is 32.3. The minimum Gasteiger partial charge on any atom is -0.759 e. The molecule has 37 heavy (non-hydrogen) atoms. The SMILES string of the molecule is Cc1ccc(-n2cc(-c3cccc(-c4cn(-c5ccc(C)cc5)n[n+]4C)c3)[n+](C)n2)cc1.O=S(=O)([O-])[O-]. The van der Waals surface area contributed by atoms with Gasteiger partial charge in [0.05, 0.1) is 10.4 Å². The van der Waals surface area contributed by atoms with Gasteiger partial charge < -0.3 is 9.11 Å². The molecule has 0 saturated carbocycles. The lowest BCUT2D eigenvalue weighted by atomic mass is 10.1. The average Bonchev–Trinajstić information content (AvgIpc) is 3.42. The van der Waals surface area contributed by atoms with Gasteiger partial charge in [0.25, 0.3) is 0 Å². The van der Waals surface area contributed by atoms with Crippen LogP contribution in [0.25, 0.3) is 33.9 Å². The van der Waals surface area contributed by atoms with E-state index in [9.17, 15) is 0 Å². The van der Waals surface area contributed by atoms with E-state index >= 15 is 0 Å². The number of aromatic nitrogens is 6.